The fraction of sp³-hybridized carbons (Fsp3) is 0.800. The highest BCUT2D eigenvalue weighted by molar-refractivity contribution is 5.83. The van der Waals surface area contributed by atoms with Crippen LogP contribution >= 0.6 is 0 Å². The molecule has 0 aliphatic heterocycles. The van der Waals surface area contributed by atoms with Gasteiger partial charge in [-0.25, -0.2) is 4.79 Å². The van der Waals surface area contributed by atoms with Crippen molar-refractivity contribution in [2.75, 3.05) is 6.61 Å². The van der Waals surface area contributed by atoms with Crippen molar-refractivity contribution < 1.29 is 27.5 Å². The molecule has 0 amide bonds. The molecule has 16 heavy (non-hydrogen) atoms. The van der Waals surface area contributed by atoms with Crippen LogP contribution in [-0.2, 0) is 14.3 Å². The third-order valence-electron chi connectivity index (χ3n) is 2.81. The molecule has 0 fully saturated rings. The van der Waals surface area contributed by atoms with E-state index < -0.39 is 24.2 Å². The third-order valence-corrected chi connectivity index (χ3v) is 2.81. The number of carbonyl (C=O) groups excluding carboxylic acids is 2. The lowest BCUT2D eigenvalue weighted by molar-refractivity contribution is -0.202. The fourth-order valence-electron chi connectivity index (χ4n) is 1.34. The number of alkyl halides is 3. The van der Waals surface area contributed by atoms with Gasteiger partial charge in [0.15, 0.2) is 0 Å². The van der Waals surface area contributed by atoms with Crippen LogP contribution in [0.3, 0.4) is 0 Å². The number of halogens is 3. The SMILES string of the molecule is CCC(CC)(COC(=O)C(F)(F)F)C(C)=O. The molecular formula is C10H15F3O3. The number of ketones is 1. The van der Waals surface area contributed by atoms with Crippen LogP contribution in [0.25, 0.3) is 0 Å². The summed E-state index contributed by atoms with van der Waals surface area (Å²) in [5, 5.41) is 0. The summed E-state index contributed by atoms with van der Waals surface area (Å²) in [5.74, 6) is -2.52. The minimum Gasteiger partial charge on any atom is -0.458 e. The van der Waals surface area contributed by atoms with E-state index in [1.165, 1.54) is 6.92 Å². The molecule has 0 unspecified atom stereocenters. The maximum absolute atomic E-state index is 11.9. The molecule has 3 nitrogen and oxygen atoms in total. The average molecular weight is 240 g/mol. The van der Waals surface area contributed by atoms with Gasteiger partial charge in [-0.2, -0.15) is 13.2 Å². The van der Waals surface area contributed by atoms with Crippen molar-refractivity contribution in [2.24, 2.45) is 5.41 Å². The molecule has 0 radical (unpaired) electrons. The van der Waals surface area contributed by atoms with E-state index in [1.807, 2.05) is 0 Å². The first kappa shape index (κ1) is 14.9. The Morgan fingerprint density at radius 3 is 1.81 bits per heavy atom. The van der Waals surface area contributed by atoms with Crippen LogP contribution in [0.2, 0.25) is 0 Å². The molecule has 0 saturated carbocycles. The Hall–Kier alpha value is -1.07. The number of Topliss-reactive ketones (excluding diaryl/α,β-unsaturated/α-hetero) is 1. The number of rotatable bonds is 5. The molecule has 0 atom stereocenters. The van der Waals surface area contributed by atoms with E-state index in [4.69, 9.17) is 0 Å². The molecule has 0 aromatic carbocycles. The third kappa shape index (κ3) is 3.50. The molecule has 0 aromatic heterocycles. The second kappa shape index (κ2) is 5.32. The molecule has 0 bridgehead atoms. The minimum absolute atomic E-state index is 0.271. The molecule has 6 heteroatoms. The van der Waals surface area contributed by atoms with Gasteiger partial charge >= 0.3 is 12.1 Å². The number of hydrogen-bond donors (Lipinski definition) is 0. The molecule has 0 aliphatic rings. The van der Waals surface area contributed by atoms with Crippen LogP contribution < -0.4 is 0 Å². The van der Waals surface area contributed by atoms with Gasteiger partial charge in [-0.05, 0) is 19.8 Å². The van der Waals surface area contributed by atoms with Crippen molar-refractivity contribution in [1.29, 1.82) is 0 Å². The summed E-state index contributed by atoms with van der Waals surface area (Å²) < 4.78 is 39.8. The van der Waals surface area contributed by atoms with Gasteiger partial charge in [0.05, 0.1) is 5.41 Å². The van der Waals surface area contributed by atoms with E-state index in [1.54, 1.807) is 13.8 Å². The van der Waals surface area contributed by atoms with Crippen LogP contribution in [0.5, 0.6) is 0 Å². The highest BCUT2D eigenvalue weighted by Crippen LogP contribution is 2.29. The number of esters is 1. The first-order valence-corrected chi connectivity index (χ1v) is 4.94. The van der Waals surface area contributed by atoms with Crippen molar-refractivity contribution in [1.82, 2.24) is 0 Å². The monoisotopic (exact) mass is 240 g/mol. The van der Waals surface area contributed by atoms with E-state index in [9.17, 15) is 22.8 Å². The molecule has 0 heterocycles. The molecule has 0 rings (SSSR count). The summed E-state index contributed by atoms with van der Waals surface area (Å²) in [5.41, 5.74) is -0.999. The van der Waals surface area contributed by atoms with E-state index in [0.717, 1.165) is 0 Å². The van der Waals surface area contributed by atoms with Crippen molar-refractivity contribution in [2.45, 2.75) is 39.8 Å². The number of ether oxygens (including phenoxy) is 1. The average Bonchev–Trinajstić information content (AvgIpc) is 2.17. The molecule has 0 aliphatic carbocycles. The molecule has 0 spiro atoms. The number of carbonyl (C=O) groups is 2. The summed E-state index contributed by atoms with van der Waals surface area (Å²) in [6.07, 6.45) is -4.34. The topological polar surface area (TPSA) is 43.4 Å². The van der Waals surface area contributed by atoms with Crippen LogP contribution in [-0.4, -0.2) is 24.5 Å². The summed E-state index contributed by atoms with van der Waals surface area (Å²) in [6, 6.07) is 0. The quantitative estimate of drug-likeness (QED) is 0.693. The number of hydrogen-bond acceptors (Lipinski definition) is 3. The van der Waals surface area contributed by atoms with Crippen molar-refractivity contribution in [3.05, 3.63) is 0 Å². The molecule has 0 aromatic rings. The van der Waals surface area contributed by atoms with E-state index in [2.05, 4.69) is 4.74 Å². The zero-order valence-electron chi connectivity index (χ0n) is 9.48. The first-order chi connectivity index (χ1) is 7.19. The lowest BCUT2D eigenvalue weighted by Crippen LogP contribution is -2.37. The Morgan fingerprint density at radius 1 is 1.12 bits per heavy atom. The van der Waals surface area contributed by atoms with Gasteiger partial charge in [0.2, 0.25) is 0 Å². The van der Waals surface area contributed by atoms with E-state index in [0.29, 0.717) is 12.8 Å². The van der Waals surface area contributed by atoms with Crippen LogP contribution in [0.15, 0.2) is 0 Å². The van der Waals surface area contributed by atoms with Gasteiger partial charge in [0.25, 0.3) is 0 Å². The van der Waals surface area contributed by atoms with Gasteiger partial charge in [-0.1, -0.05) is 13.8 Å². The van der Waals surface area contributed by atoms with Crippen molar-refractivity contribution in [3.63, 3.8) is 0 Å². The Labute approximate surface area is 92.0 Å². The van der Waals surface area contributed by atoms with Gasteiger partial charge in [0, 0.05) is 0 Å². The zero-order chi connectivity index (χ0) is 13.0. The maximum Gasteiger partial charge on any atom is 0.490 e. The van der Waals surface area contributed by atoms with Crippen LogP contribution in [0.4, 0.5) is 13.2 Å². The Bertz CT molecular complexity index is 267. The predicted octanol–water partition coefficient (Wildman–Crippen LogP) is 2.49. The van der Waals surface area contributed by atoms with Crippen molar-refractivity contribution >= 4 is 11.8 Å². The lowest BCUT2D eigenvalue weighted by Gasteiger charge is -2.28. The summed E-state index contributed by atoms with van der Waals surface area (Å²) in [7, 11) is 0. The smallest absolute Gasteiger partial charge is 0.458 e. The first-order valence-electron chi connectivity index (χ1n) is 4.94. The Balaban J connectivity index is 4.57. The fourth-order valence-corrected chi connectivity index (χ4v) is 1.34. The molecule has 0 N–H and O–H groups in total. The second-order valence-electron chi connectivity index (χ2n) is 3.62. The lowest BCUT2D eigenvalue weighted by atomic mass is 9.80. The maximum atomic E-state index is 11.9. The predicted molar refractivity (Wildman–Crippen MR) is 50.7 cm³/mol. The van der Waals surface area contributed by atoms with E-state index in [-0.39, 0.29) is 5.78 Å². The summed E-state index contributed by atoms with van der Waals surface area (Å²) in [6.45, 7) is 4.11. The largest absolute Gasteiger partial charge is 0.490 e. The second-order valence-corrected chi connectivity index (χ2v) is 3.62. The van der Waals surface area contributed by atoms with E-state index >= 15 is 0 Å². The highest BCUT2D eigenvalue weighted by atomic mass is 19.4. The van der Waals surface area contributed by atoms with Gasteiger partial charge < -0.3 is 4.74 Å². The van der Waals surface area contributed by atoms with Gasteiger partial charge in [-0.3, -0.25) is 4.79 Å². The van der Waals surface area contributed by atoms with Gasteiger partial charge in [0.1, 0.15) is 12.4 Å². The zero-order valence-corrected chi connectivity index (χ0v) is 9.48. The molecule has 94 valence electrons. The van der Waals surface area contributed by atoms with Crippen LogP contribution in [0, 0.1) is 5.41 Å². The van der Waals surface area contributed by atoms with Crippen LogP contribution in [0.1, 0.15) is 33.6 Å². The minimum atomic E-state index is -5.01. The normalized spacial score (nSPS) is 12.4. The van der Waals surface area contributed by atoms with Crippen molar-refractivity contribution in [3.8, 4) is 0 Å². The highest BCUT2D eigenvalue weighted by Gasteiger charge is 2.43. The summed E-state index contributed by atoms with van der Waals surface area (Å²) in [4.78, 5) is 21.8. The standard InChI is InChI=1S/C10H15F3O3/c1-4-9(5-2,7(3)14)6-16-8(15)10(11,12)13/h4-6H2,1-3H3. The summed E-state index contributed by atoms with van der Waals surface area (Å²) >= 11 is 0. The molecule has 0 saturated heterocycles. The van der Waals surface area contributed by atoms with Gasteiger partial charge in [-0.15, -0.1) is 0 Å². The Morgan fingerprint density at radius 2 is 1.56 bits per heavy atom. The Kier molecular flexibility index (Phi) is 4.96. The molecular weight excluding hydrogens is 225 g/mol.